The standard InChI is InChI=1S/C26H24N2O3S/c1-18-8-3-4-9-20(18)17-27-23-13-6-5-12-22(23)26(25(27)30)28(14-15-32-26)24(29)19-10-7-11-21(16-19)31-2/h3-13,16H,14-15,17H2,1-2H3/t26-/m1/s1. The summed E-state index contributed by atoms with van der Waals surface area (Å²) in [7, 11) is 1.58. The van der Waals surface area contributed by atoms with Gasteiger partial charge in [-0.1, -0.05) is 48.5 Å². The summed E-state index contributed by atoms with van der Waals surface area (Å²) in [5.74, 6) is 1.11. The van der Waals surface area contributed by atoms with Gasteiger partial charge < -0.3 is 14.5 Å². The van der Waals surface area contributed by atoms with Crippen LogP contribution in [0.15, 0.2) is 72.8 Å². The van der Waals surface area contributed by atoms with Crippen molar-refractivity contribution in [1.29, 1.82) is 0 Å². The highest BCUT2D eigenvalue weighted by atomic mass is 32.2. The number of carbonyl (C=O) groups excluding carboxylic acids is 2. The molecule has 1 fully saturated rings. The average molecular weight is 445 g/mol. The molecule has 1 spiro atoms. The van der Waals surface area contributed by atoms with E-state index in [1.165, 1.54) is 0 Å². The number of anilines is 1. The summed E-state index contributed by atoms with van der Waals surface area (Å²) in [4.78, 5) is 30.2. The number of hydrogen-bond acceptors (Lipinski definition) is 4. The average Bonchev–Trinajstić information content (AvgIpc) is 3.37. The number of amides is 2. The first-order valence-electron chi connectivity index (χ1n) is 10.6. The molecule has 5 nitrogen and oxygen atoms in total. The zero-order valence-corrected chi connectivity index (χ0v) is 18.9. The minimum absolute atomic E-state index is 0.0549. The first-order valence-corrected chi connectivity index (χ1v) is 11.6. The van der Waals surface area contributed by atoms with E-state index in [2.05, 4.69) is 19.1 Å². The molecule has 2 aliphatic rings. The zero-order valence-electron chi connectivity index (χ0n) is 18.1. The molecule has 0 unspecified atom stereocenters. The first kappa shape index (κ1) is 20.6. The highest BCUT2D eigenvalue weighted by molar-refractivity contribution is 8.01. The molecule has 0 aliphatic carbocycles. The van der Waals surface area contributed by atoms with Crippen LogP contribution < -0.4 is 9.64 Å². The fraction of sp³-hybridized carbons (Fsp3) is 0.231. The van der Waals surface area contributed by atoms with E-state index in [1.807, 2.05) is 47.4 Å². The normalized spacial score (nSPS) is 19.5. The smallest absolute Gasteiger partial charge is 0.268 e. The van der Waals surface area contributed by atoms with E-state index in [1.54, 1.807) is 42.0 Å². The molecule has 0 aromatic heterocycles. The Morgan fingerprint density at radius 2 is 1.84 bits per heavy atom. The molecule has 1 saturated heterocycles. The Hall–Kier alpha value is -3.25. The van der Waals surface area contributed by atoms with Crippen molar-refractivity contribution < 1.29 is 14.3 Å². The third-order valence-corrected chi connectivity index (χ3v) is 7.67. The number of para-hydroxylation sites is 1. The number of ether oxygens (including phenoxy) is 1. The molecular weight excluding hydrogens is 420 g/mol. The van der Waals surface area contributed by atoms with Crippen LogP contribution in [0.3, 0.4) is 0 Å². The number of hydrogen-bond donors (Lipinski definition) is 0. The SMILES string of the molecule is COc1cccc(C(=O)N2CCS[C@]23C(=O)N(Cc2ccccc2C)c2ccccc23)c1. The van der Waals surface area contributed by atoms with E-state index in [0.29, 0.717) is 30.2 Å². The van der Waals surface area contributed by atoms with Gasteiger partial charge in [0.15, 0.2) is 4.87 Å². The second kappa shape index (κ2) is 8.02. The van der Waals surface area contributed by atoms with E-state index in [9.17, 15) is 9.59 Å². The zero-order chi connectivity index (χ0) is 22.3. The highest BCUT2D eigenvalue weighted by Gasteiger charge is 2.59. The molecular formula is C26H24N2O3S. The van der Waals surface area contributed by atoms with Gasteiger partial charge in [0.25, 0.3) is 11.8 Å². The van der Waals surface area contributed by atoms with Crippen LogP contribution in [0.25, 0.3) is 0 Å². The number of fused-ring (bicyclic) bond motifs is 2. The molecule has 0 saturated carbocycles. The van der Waals surface area contributed by atoms with Crippen molar-refractivity contribution in [1.82, 2.24) is 4.90 Å². The lowest BCUT2D eigenvalue weighted by atomic mass is 10.0. The number of carbonyl (C=O) groups is 2. The Morgan fingerprint density at radius 3 is 2.66 bits per heavy atom. The van der Waals surface area contributed by atoms with Gasteiger partial charge in [-0.05, 0) is 42.3 Å². The lowest BCUT2D eigenvalue weighted by molar-refractivity contribution is -0.123. The molecule has 0 N–H and O–H groups in total. The monoisotopic (exact) mass is 444 g/mol. The van der Waals surface area contributed by atoms with Crippen molar-refractivity contribution in [2.75, 3.05) is 24.3 Å². The molecule has 2 aliphatic heterocycles. The third-order valence-electron chi connectivity index (χ3n) is 6.25. The molecule has 1 atom stereocenters. The van der Waals surface area contributed by atoms with Gasteiger partial charge >= 0.3 is 0 Å². The van der Waals surface area contributed by atoms with Crippen LogP contribution in [0.1, 0.15) is 27.0 Å². The lowest BCUT2D eigenvalue weighted by Gasteiger charge is -2.33. The number of nitrogens with zero attached hydrogens (tertiary/aromatic N) is 2. The van der Waals surface area contributed by atoms with Crippen molar-refractivity contribution >= 4 is 29.3 Å². The number of aryl methyl sites for hydroxylation is 1. The Labute approximate surface area is 192 Å². The fourth-order valence-corrected chi connectivity index (χ4v) is 6.06. The van der Waals surface area contributed by atoms with Crippen molar-refractivity contribution in [3.8, 4) is 5.75 Å². The molecule has 3 aromatic rings. The molecule has 162 valence electrons. The van der Waals surface area contributed by atoms with Crippen LogP contribution in [0.4, 0.5) is 5.69 Å². The number of rotatable bonds is 4. The van der Waals surface area contributed by atoms with Gasteiger partial charge in [-0.2, -0.15) is 0 Å². The first-order chi connectivity index (χ1) is 15.6. The largest absolute Gasteiger partial charge is 0.497 e. The van der Waals surface area contributed by atoms with Crippen LogP contribution in [0, 0.1) is 6.92 Å². The van der Waals surface area contributed by atoms with E-state index in [0.717, 1.165) is 22.4 Å². The van der Waals surface area contributed by atoms with Crippen LogP contribution >= 0.6 is 11.8 Å². The maximum absolute atomic E-state index is 14.1. The Bertz CT molecular complexity index is 1210. The van der Waals surface area contributed by atoms with Crippen LogP contribution in [-0.2, 0) is 16.2 Å². The topological polar surface area (TPSA) is 49.9 Å². The van der Waals surface area contributed by atoms with Crippen LogP contribution in [0.5, 0.6) is 5.75 Å². The number of methoxy groups -OCH3 is 1. The van der Waals surface area contributed by atoms with Gasteiger partial charge in [0.1, 0.15) is 5.75 Å². The molecule has 2 heterocycles. The maximum Gasteiger partial charge on any atom is 0.268 e. The minimum Gasteiger partial charge on any atom is -0.497 e. The van der Waals surface area contributed by atoms with E-state index in [4.69, 9.17) is 4.74 Å². The molecule has 0 radical (unpaired) electrons. The van der Waals surface area contributed by atoms with Crippen molar-refractivity contribution in [3.63, 3.8) is 0 Å². The van der Waals surface area contributed by atoms with Gasteiger partial charge in [-0.25, -0.2) is 0 Å². The molecule has 0 bridgehead atoms. The fourth-order valence-electron chi connectivity index (χ4n) is 4.59. The molecule has 32 heavy (non-hydrogen) atoms. The lowest BCUT2D eigenvalue weighted by Crippen LogP contribution is -2.50. The summed E-state index contributed by atoms with van der Waals surface area (Å²) in [6.45, 7) is 3.05. The van der Waals surface area contributed by atoms with Crippen molar-refractivity contribution in [2.24, 2.45) is 0 Å². The number of thioether (sulfide) groups is 1. The second-order valence-electron chi connectivity index (χ2n) is 8.02. The summed E-state index contributed by atoms with van der Waals surface area (Å²) in [6, 6.07) is 23.1. The third kappa shape index (κ3) is 3.09. The Balaban J connectivity index is 1.57. The summed E-state index contributed by atoms with van der Waals surface area (Å²) in [5, 5.41) is 0. The molecule has 3 aromatic carbocycles. The Morgan fingerprint density at radius 1 is 1.06 bits per heavy atom. The van der Waals surface area contributed by atoms with E-state index >= 15 is 0 Å². The Kier molecular flexibility index (Phi) is 5.18. The quantitative estimate of drug-likeness (QED) is 0.591. The number of benzene rings is 3. The van der Waals surface area contributed by atoms with Crippen LogP contribution in [0.2, 0.25) is 0 Å². The van der Waals surface area contributed by atoms with Gasteiger partial charge in [0, 0.05) is 23.4 Å². The highest BCUT2D eigenvalue weighted by Crippen LogP contribution is 2.54. The van der Waals surface area contributed by atoms with Crippen molar-refractivity contribution in [2.45, 2.75) is 18.3 Å². The predicted molar refractivity (Wildman–Crippen MR) is 127 cm³/mol. The van der Waals surface area contributed by atoms with Gasteiger partial charge in [0.05, 0.1) is 19.3 Å². The summed E-state index contributed by atoms with van der Waals surface area (Å²) in [6.07, 6.45) is 0. The van der Waals surface area contributed by atoms with Crippen LogP contribution in [-0.4, -0.2) is 36.1 Å². The van der Waals surface area contributed by atoms with E-state index in [-0.39, 0.29) is 11.8 Å². The van der Waals surface area contributed by atoms with Gasteiger partial charge in [0.2, 0.25) is 0 Å². The molecule has 5 rings (SSSR count). The van der Waals surface area contributed by atoms with Crippen molar-refractivity contribution in [3.05, 3.63) is 95.1 Å². The predicted octanol–water partition coefficient (Wildman–Crippen LogP) is 4.59. The summed E-state index contributed by atoms with van der Waals surface area (Å²) < 4.78 is 5.31. The minimum atomic E-state index is -1.04. The second-order valence-corrected chi connectivity index (χ2v) is 9.30. The van der Waals surface area contributed by atoms with E-state index < -0.39 is 4.87 Å². The molecule has 6 heteroatoms. The van der Waals surface area contributed by atoms with Gasteiger partial charge in [-0.3, -0.25) is 9.59 Å². The summed E-state index contributed by atoms with van der Waals surface area (Å²) in [5.41, 5.74) is 4.52. The van der Waals surface area contributed by atoms with Gasteiger partial charge in [-0.15, -0.1) is 11.8 Å². The summed E-state index contributed by atoms with van der Waals surface area (Å²) >= 11 is 1.55. The molecule has 2 amide bonds. The maximum atomic E-state index is 14.1.